The van der Waals surface area contributed by atoms with Gasteiger partial charge in [0.25, 0.3) is 0 Å². The minimum absolute atomic E-state index is 0.0519. The van der Waals surface area contributed by atoms with Crippen molar-refractivity contribution in [2.24, 2.45) is 23.5 Å². The lowest BCUT2D eigenvalue weighted by molar-refractivity contribution is -0.146. The average molecular weight is 1150 g/mol. The number of allylic oxidation sites excluding steroid dienone is 1. The van der Waals surface area contributed by atoms with Crippen molar-refractivity contribution in [2.75, 3.05) is 72.5 Å². The van der Waals surface area contributed by atoms with Crippen LogP contribution >= 0.6 is 0 Å². The van der Waals surface area contributed by atoms with Crippen LogP contribution in [0, 0.1) is 17.8 Å². The Bertz CT molecular complexity index is 2360. The van der Waals surface area contributed by atoms with E-state index in [4.69, 9.17) is 19.9 Å². The van der Waals surface area contributed by atoms with Gasteiger partial charge in [0.1, 0.15) is 25.0 Å². The molecule has 4 rings (SSSR count). The molecule has 11 amide bonds. The molecule has 82 heavy (non-hydrogen) atoms. The Morgan fingerprint density at radius 2 is 1.57 bits per heavy atom. The molecule has 2 heterocycles. The highest BCUT2D eigenvalue weighted by atomic mass is 16.6. The molecule has 10 unspecified atom stereocenters. The summed E-state index contributed by atoms with van der Waals surface area (Å²) >= 11 is 0. The summed E-state index contributed by atoms with van der Waals surface area (Å²) in [5.74, 6) is -4.24. The number of methoxy groups -OCH3 is 2. The lowest BCUT2D eigenvalue weighted by atomic mass is 9.90. The maximum absolute atomic E-state index is 14.1. The molecule has 10 atom stereocenters. The lowest BCUT2D eigenvalue weighted by Gasteiger charge is -2.39. The Labute approximate surface area is 479 Å². The van der Waals surface area contributed by atoms with E-state index in [9.17, 15) is 57.8 Å². The number of fused-ring (bicyclic) bond motifs is 2. The quantitative estimate of drug-likeness (QED) is 0.0257. The van der Waals surface area contributed by atoms with Gasteiger partial charge in [0.2, 0.25) is 47.3 Å². The van der Waals surface area contributed by atoms with E-state index in [-0.39, 0.29) is 100 Å². The summed E-state index contributed by atoms with van der Waals surface area (Å²) in [6.45, 7) is 5.59. The van der Waals surface area contributed by atoms with Crippen LogP contribution in [0.2, 0.25) is 0 Å². The van der Waals surface area contributed by atoms with Gasteiger partial charge in [0.15, 0.2) is 0 Å². The summed E-state index contributed by atoms with van der Waals surface area (Å²) in [7, 11) is 4.62. The zero-order valence-electron chi connectivity index (χ0n) is 48.2. The predicted molar refractivity (Wildman–Crippen MR) is 300 cm³/mol. The highest BCUT2D eigenvalue weighted by Crippen LogP contribution is 2.43. The number of anilines is 1. The second kappa shape index (κ2) is 34.9. The number of urea groups is 1. The highest BCUT2D eigenvalue weighted by Gasteiger charge is 2.52. The summed E-state index contributed by atoms with van der Waals surface area (Å²) in [6, 6.07) is 2.58. The number of ether oxygens (including phenoxy) is 3. The first-order valence-electron chi connectivity index (χ1n) is 28.4. The van der Waals surface area contributed by atoms with E-state index in [1.807, 2.05) is 13.8 Å². The number of nitrogens with two attached hydrogens (primary N) is 1. The third-order valence-electron chi connectivity index (χ3n) is 15.6. The molecule has 26 heteroatoms. The minimum atomic E-state index is -1.06. The summed E-state index contributed by atoms with van der Waals surface area (Å²) < 4.78 is 17.5. The summed E-state index contributed by atoms with van der Waals surface area (Å²) in [5, 5.41) is 27.6. The largest absolute Gasteiger partial charge is 0.445 e. The van der Waals surface area contributed by atoms with Gasteiger partial charge in [-0.3, -0.25) is 48.1 Å². The Hall–Kier alpha value is -7.19. The van der Waals surface area contributed by atoms with Crippen molar-refractivity contribution >= 4 is 71.4 Å². The number of carbonyl (C=O) groups excluding carboxylic acids is 11. The molecule has 1 aliphatic carbocycles. The van der Waals surface area contributed by atoms with Crippen LogP contribution in [0.3, 0.4) is 0 Å². The smallest absolute Gasteiger partial charge is 0.411 e. The fourth-order valence-corrected chi connectivity index (χ4v) is 11.1. The van der Waals surface area contributed by atoms with Crippen molar-refractivity contribution in [2.45, 2.75) is 153 Å². The minimum Gasteiger partial charge on any atom is -0.445 e. The second-order valence-electron chi connectivity index (χ2n) is 21.1. The van der Waals surface area contributed by atoms with Crippen molar-refractivity contribution in [3.8, 4) is 0 Å². The average Bonchev–Trinajstić information content (AvgIpc) is 4.03. The van der Waals surface area contributed by atoms with Crippen molar-refractivity contribution in [1.29, 1.82) is 0 Å². The first-order valence-corrected chi connectivity index (χ1v) is 28.4. The Morgan fingerprint density at radius 1 is 0.841 bits per heavy atom. The zero-order valence-corrected chi connectivity index (χ0v) is 48.2. The molecular weight excluding hydrogens is 1070 g/mol. The fraction of sp³-hybridized carbons (Fsp3) is 0.661. The van der Waals surface area contributed by atoms with E-state index in [1.165, 1.54) is 24.0 Å². The van der Waals surface area contributed by atoms with Gasteiger partial charge < -0.3 is 72.1 Å². The predicted octanol–water partition coefficient (Wildman–Crippen LogP) is 0.741. The summed E-state index contributed by atoms with van der Waals surface area (Å²) in [4.78, 5) is 145. The molecule has 1 saturated carbocycles. The van der Waals surface area contributed by atoms with Crippen molar-refractivity contribution < 1.29 is 72.1 Å². The first-order chi connectivity index (χ1) is 39.3. The molecule has 2 saturated heterocycles. The molecule has 1 aromatic carbocycles. The fourth-order valence-electron chi connectivity index (χ4n) is 11.1. The number of nitrogens with zero attached hydrogens (tertiary/aromatic N) is 3. The highest BCUT2D eigenvalue weighted by molar-refractivity contribution is 5.98. The molecule has 0 aromatic heterocycles. The SMILES string of the molecule is CCC(C)C(C(CC(=O)N1CCCC1C(OC)C(C)C(=O)NCCO)OC)N(C)C(=O)CNC(=O)C1C2CCC(C2)N1C(=O)OCc1ccc(NC(=O)C(CCCNC(N)=O)NC(=O)CNC(=O)CCCCCNC(=O)C=CC=O)cc1. The molecule has 3 aliphatic rings. The number of unbranched alkanes of at least 4 members (excludes halogenated alkanes) is 2. The third kappa shape index (κ3) is 20.7. The van der Waals surface area contributed by atoms with Gasteiger partial charge in [0.05, 0.1) is 56.3 Å². The Morgan fingerprint density at radius 3 is 2.24 bits per heavy atom. The van der Waals surface area contributed by atoms with Crippen molar-refractivity contribution in [3.05, 3.63) is 42.0 Å². The number of carbonyl (C=O) groups is 11. The Kier molecular flexibility index (Phi) is 28.7. The number of aliphatic hydroxyl groups is 1. The normalized spacial score (nSPS) is 19.4. The number of hydrogen-bond acceptors (Lipinski definition) is 15. The van der Waals surface area contributed by atoms with Crippen LogP contribution in [0.25, 0.3) is 0 Å². The van der Waals surface area contributed by atoms with Crippen LogP contribution in [0.4, 0.5) is 15.3 Å². The number of nitrogens with one attached hydrogen (secondary N) is 7. The molecule has 2 bridgehead atoms. The van der Waals surface area contributed by atoms with Crippen LogP contribution in [-0.4, -0.2) is 195 Å². The molecule has 26 nitrogen and oxygen atoms in total. The molecule has 1 aromatic rings. The molecule has 10 N–H and O–H groups in total. The number of benzene rings is 1. The van der Waals surface area contributed by atoms with E-state index in [0.717, 1.165) is 12.2 Å². The standard InChI is InChI=1S/C56H87N11O15/c1-7-35(2)49(43(80-5)31-47(73)66-27-12-15-42(66)51(81-6)36(3)52(75)59-26-29-69)65(4)48(74)33-62-54(77)50-38-20-23-40(30-38)67(50)56(79)82-34-37-18-21-39(22-19-37)63-53(76)41(14-11-25-60-55(57)78)64-46(72)32-61-45(71)16-9-8-10-24-58-44(70)17-13-28-68/h13,17-19,21-22,28,35-36,38,40-43,49-51,69H,7-12,14-16,20,23-27,29-34H2,1-6H3,(H,58,70)(H,59,75)(H,61,71)(H,62,77)(H,63,76)(H,64,72)(H3,57,60,78). The van der Waals surface area contributed by atoms with Gasteiger partial charge in [-0.1, -0.05) is 45.7 Å². The van der Waals surface area contributed by atoms with Crippen molar-refractivity contribution in [1.82, 2.24) is 46.6 Å². The molecule has 0 radical (unpaired) electrons. The maximum Gasteiger partial charge on any atom is 0.411 e. The van der Waals surface area contributed by atoms with Gasteiger partial charge in [0, 0.05) is 71.7 Å². The molecule has 3 fully saturated rings. The monoisotopic (exact) mass is 1150 g/mol. The number of rotatable bonds is 35. The number of likely N-dealkylation sites (tertiary alicyclic amines) is 2. The maximum atomic E-state index is 14.1. The van der Waals surface area contributed by atoms with E-state index >= 15 is 0 Å². The Balaban J connectivity index is 1.29. The lowest BCUT2D eigenvalue weighted by Crippen LogP contribution is -2.56. The summed E-state index contributed by atoms with van der Waals surface area (Å²) in [6.07, 6.45) is 6.88. The first kappa shape index (κ1) is 67.3. The van der Waals surface area contributed by atoms with Gasteiger partial charge in [-0.05, 0) is 93.4 Å². The third-order valence-corrected chi connectivity index (χ3v) is 15.6. The molecule has 0 spiro atoms. The number of amides is 11. The van der Waals surface area contributed by atoms with Crippen LogP contribution in [-0.2, 0) is 64.0 Å². The van der Waals surface area contributed by atoms with Gasteiger partial charge in [-0.15, -0.1) is 0 Å². The molecular formula is C56H87N11O15. The number of aliphatic hydroxyl groups excluding tert-OH is 1. The van der Waals surface area contributed by atoms with E-state index in [0.29, 0.717) is 88.4 Å². The molecule has 2 aliphatic heterocycles. The van der Waals surface area contributed by atoms with Gasteiger partial charge in [-0.25, -0.2) is 9.59 Å². The van der Waals surface area contributed by atoms with Gasteiger partial charge >= 0.3 is 12.1 Å². The number of likely N-dealkylation sites (N-methyl/N-ethyl adjacent to an activating group) is 1. The van der Waals surface area contributed by atoms with Crippen molar-refractivity contribution in [3.63, 3.8) is 0 Å². The number of aldehydes is 1. The van der Waals surface area contributed by atoms with Crippen LogP contribution < -0.4 is 43.0 Å². The summed E-state index contributed by atoms with van der Waals surface area (Å²) in [5.41, 5.74) is 6.10. The van der Waals surface area contributed by atoms with Gasteiger partial charge in [-0.2, -0.15) is 0 Å². The van der Waals surface area contributed by atoms with E-state index in [1.54, 1.807) is 43.1 Å². The van der Waals surface area contributed by atoms with E-state index < -0.39 is 84.5 Å². The van der Waals surface area contributed by atoms with Crippen LogP contribution in [0.1, 0.15) is 110 Å². The van der Waals surface area contributed by atoms with E-state index in [2.05, 4.69) is 37.2 Å². The van der Waals surface area contributed by atoms with Crippen LogP contribution in [0.15, 0.2) is 36.4 Å². The number of primary amides is 1. The number of piperidine rings is 1. The second-order valence-corrected chi connectivity index (χ2v) is 21.1. The topological polar surface area (TPSA) is 356 Å². The number of hydrogen-bond donors (Lipinski definition) is 9. The van der Waals surface area contributed by atoms with Crippen LogP contribution in [0.5, 0.6) is 0 Å². The molecule has 456 valence electrons. The zero-order chi connectivity index (χ0) is 60.3.